The lowest BCUT2D eigenvalue weighted by Crippen LogP contribution is -2.53. The van der Waals surface area contributed by atoms with Gasteiger partial charge in [-0.15, -0.1) is 0 Å². The molecule has 0 aromatic heterocycles. The lowest BCUT2D eigenvalue weighted by Gasteiger charge is -2.37. The number of hydrogen-bond acceptors (Lipinski definition) is 2. The van der Waals surface area contributed by atoms with Crippen LogP contribution in [0.15, 0.2) is 22.7 Å². The zero-order valence-corrected chi connectivity index (χ0v) is 13.2. The topological polar surface area (TPSA) is 40.6 Å². The second-order valence-electron chi connectivity index (χ2n) is 5.15. The quantitative estimate of drug-likeness (QED) is 0.775. The van der Waals surface area contributed by atoms with E-state index >= 15 is 0 Å². The first-order valence-electron chi connectivity index (χ1n) is 6.60. The number of rotatable bonds is 1. The summed E-state index contributed by atoms with van der Waals surface area (Å²) in [5, 5.41) is 0.547. The Morgan fingerprint density at radius 2 is 2.15 bits per heavy atom. The van der Waals surface area contributed by atoms with Gasteiger partial charge in [0.1, 0.15) is 0 Å². The molecule has 1 unspecified atom stereocenters. The molecule has 106 valence electrons. The molecule has 2 heterocycles. The number of piperazine rings is 1. The summed E-state index contributed by atoms with van der Waals surface area (Å²) in [5.74, 6) is 0.185. The van der Waals surface area contributed by atoms with Crippen molar-refractivity contribution in [3.05, 3.63) is 33.3 Å². The molecule has 2 amide bonds. The maximum Gasteiger partial charge on any atom is 0.255 e. The summed E-state index contributed by atoms with van der Waals surface area (Å²) in [6, 6.07) is 5.39. The van der Waals surface area contributed by atoms with Gasteiger partial charge in [-0.3, -0.25) is 9.59 Å². The van der Waals surface area contributed by atoms with Crippen LogP contribution in [0.25, 0.3) is 0 Å². The van der Waals surface area contributed by atoms with Gasteiger partial charge in [0.2, 0.25) is 5.91 Å². The minimum atomic E-state index is -0.0293. The normalized spacial score (nSPS) is 22.1. The van der Waals surface area contributed by atoms with Gasteiger partial charge < -0.3 is 9.80 Å². The molecule has 1 aromatic carbocycles. The number of carbonyl (C=O) groups excluding carboxylic acids is 2. The minimum Gasteiger partial charge on any atom is -0.336 e. The van der Waals surface area contributed by atoms with Crippen molar-refractivity contribution >= 4 is 39.3 Å². The van der Waals surface area contributed by atoms with E-state index in [9.17, 15) is 9.59 Å². The molecule has 6 heteroatoms. The van der Waals surface area contributed by atoms with Crippen molar-refractivity contribution in [3.63, 3.8) is 0 Å². The van der Waals surface area contributed by atoms with Crippen LogP contribution in [0.2, 0.25) is 5.02 Å². The number of hydrogen-bond donors (Lipinski definition) is 0. The van der Waals surface area contributed by atoms with Gasteiger partial charge in [-0.1, -0.05) is 11.6 Å². The van der Waals surface area contributed by atoms with E-state index in [1.165, 1.54) is 0 Å². The number of benzene rings is 1. The minimum absolute atomic E-state index is 0.0293. The third-order valence-electron chi connectivity index (χ3n) is 3.94. The molecule has 0 aliphatic carbocycles. The number of nitrogens with zero attached hydrogens (tertiary/aromatic N) is 2. The predicted octanol–water partition coefficient (Wildman–Crippen LogP) is 2.55. The summed E-state index contributed by atoms with van der Waals surface area (Å²) < 4.78 is 0.747. The zero-order valence-electron chi connectivity index (χ0n) is 10.8. The molecule has 0 radical (unpaired) electrons. The molecule has 20 heavy (non-hydrogen) atoms. The molecular weight excluding hydrogens is 344 g/mol. The summed E-state index contributed by atoms with van der Waals surface area (Å²) in [6.07, 6.45) is 1.45. The first-order valence-corrected chi connectivity index (χ1v) is 7.77. The van der Waals surface area contributed by atoms with Gasteiger partial charge in [0.05, 0.1) is 5.56 Å². The number of amides is 2. The van der Waals surface area contributed by atoms with Crippen LogP contribution in [-0.2, 0) is 4.79 Å². The molecule has 2 aliphatic rings. The summed E-state index contributed by atoms with van der Waals surface area (Å²) in [7, 11) is 0. The van der Waals surface area contributed by atoms with Gasteiger partial charge >= 0.3 is 0 Å². The van der Waals surface area contributed by atoms with Crippen molar-refractivity contribution in [2.45, 2.75) is 18.9 Å². The highest BCUT2D eigenvalue weighted by Crippen LogP contribution is 2.26. The van der Waals surface area contributed by atoms with Gasteiger partial charge in [0.15, 0.2) is 0 Å². The first kappa shape index (κ1) is 13.9. The molecule has 1 atom stereocenters. The van der Waals surface area contributed by atoms with Gasteiger partial charge in [0, 0.05) is 41.6 Å². The van der Waals surface area contributed by atoms with Gasteiger partial charge in [-0.2, -0.15) is 0 Å². The maximum atomic E-state index is 12.6. The fourth-order valence-corrected chi connectivity index (χ4v) is 3.47. The smallest absolute Gasteiger partial charge is 0.255 e. The van der Waals surface area contributed by atoms with Crippen LogP contribution in [0.4, 0.5) is 0 Å². The number of fused-ring (bicyclic) bond motifs is 1. The fraction of sp³-hybridized carbons (Fsp3) is 0.429. The van der Waals surface area contributed by atoms with Crippen LogP contribution in [-0.4, -0.2) is 47.3 Å². The van der Waals surface area contributed by atoms with Crippen molar-refractivity contribution < 1.29 is 9.59 Å². The average Bonchev–Trinajstić information content (AvgIpc) is 2.82. The summed E-state index contributed by atoms with van der Waals surface area (Å²) in [5.41, 5.74) is 0.579. The largest absolute Gasteiger partial charge is 0.336 e. The Hall–Kier alpha value is -1.07. The van der Waals surface area contributed by atoms with Crippen LogP contribution in [0.1, 0.15) is 23.2 Å². The van der Waals surface area contributed by atoms with Gasteiger partial charge in [-0.25, -0.2) is 0 Å². The van der Waals surface area contributed by atoms with Gasteiger partial charge in [0.25, 0.3) is 5.91 Å². The molecule has 1 aromatic rings. The molecule has 0 spiro atoms. The van der Waals surface area contributed by atoms with Crippen LogP contribution in [0, 0.1) is 0 Å². The second kappa shape index (κ2) is 5.37. The van der Waals surface area contributed by atoms with E-state index in [-0.39, 0.29) is 17.9 Å². The Kier molecular flexibility index (Phi) is 3.73. The molecule has 2 saturated heterocycles. The molecular formula is C14H14BrClN2O2. The molecule has 4 nitrogen and oxygen atoms in total. The lowest BCUT2D eigenvalue weighted by atomic mass is 10.1. The molecule has 3 rings (SSSR count). The molecule has 2 fully saturated rings. The van der Waals surface area contributed by atoms with E-state index in [1.807, 2.05) is 9.80 Å². The van der Waals surface area contributed by atoms with Crippen LogP contribution in [0.3, 0.4) is 0 Å². The van der Waals surface area contributed by atoms with E-state index in [0.717, 1.165) is 10.9 Å². The van der Waals surface area contributed by atoms with Crippen molar-refractivity contribution in [2.24, 2.45) is 0 Å². The Bertz CT molecular complexity index is 578. The Labute approximate surface area is 130 Å². The van der Waals surface area contributed by atoms with E-state index < -0.39 is 0 Å². The third-order valence-corrected chi connectivity index (χ3v) is 4.87. The highest BCUT2D eigenvalue weighted by Gasteiger charge is 2.37. The van der Waals surface area contributed by atoms with E-state index in [0.29, 0.717) is 36.6 Å². The van der Waals surface area contributed by atoms with Crippen molar-refractivity contribution in [1.29, 1.82) is 0 Å². The average molecular weight is 358 g/mol. The van der Waals surface area contributed by atoms with Crippen LogP contribution in [0.5, 0.6) is 0 Å². The van der Waals surface area contributed by atoms with E-state index in [4.69, 9.17) is 11.6 Å². The highest BCUT2D eigenvalue weighted by molar-refractivity contribution is 9.10. The van der Waals surface area contributed by atoms with E-state index in [1.54, 1.807) is 18.2 Å². The fourth-order valence-electron chi connectivity index (χ4n) is 2.88. The zero-order chi connectivity index (χ0) is 14.3. The monoisotopic (exact) mass is 356 g/mol. The highest BCUT2D eigenvalue weighted by atomic mass is 79.9. The Morgan fingerprint density at radius 1 is 1.35 bits per heavy atom. The van der Waals surface area contributed by atoms with Crippen LogP contribution >= 0.6 is 27.5 Å². The SMILES string of the molecule is O=C(c1cc(Cl)ccc1Br)N1CCN2C(=O)CCC2C1. The van der Waals surface area contributed by atoms with Crippen molar-refractivity contribution in [2.75, 3.05) is 19.6 Å². The number of halogens is 2. The molecule has 0 saturated carbocycles. The standard InChI is InChI=1S/C14H14BrClN2O2/c15-12-3-1-9(16)7-11(12)14(20)17-5-6-18-10(8-17)2-4-13(18)19/h1,3,7,10H,2,4-6,8H2. The third kappa shape index (κ3) is 2.44. The Balaban J connectivity index is 1.78. The molecule has 2 aliphatic heterocycles. The lowest BCUT2D eigenvalue weighted by molar-refractivity contribution is -0.130. The van der Waals surface area contributed by atoms with Crippen LogP contribution < -0.4 is 0 Å². The summed E-state index contributed by atoms with van der Waals surface area (Å²) >= 11 is 9.36. The predicted molar refractivity (Wildman–Crippen MR) is 79.8 cm³/mol. The number of carbonyl (C=O) groups is 2. The summed E-state index contributed by atoms with van der Waals surface area (Å²) in [4.78, 5) is 27.9. The molecule has 0 bridgehead atoms. The maximum absolute atomic E-state index is 12.6. The van der Waals surface area contributed by atoms with E-state index in [2.05, 4.69) is 15.9 Å². The van der Waals surface area contributed by atoms with Crippen molar-refractivity contribution in [1.82, 2.24) is 9.80 Å². The summed E-state index contributed by atoms with van der Waals surface area (Å²) in [6.45, 7) is 1.83. The second-order valence-corrected chi connectivity index (χ2v) is 6.45. The van der Waals surface area contributed by atoms with Gasteiger partial charge in [-0.05, 0) is 40.5 Å². The van der Waals surface area contributed by atoms with Crippen molar-refractivity contribution in [3.8, 4) is 0 Å². The molecule has 0 N–H and O–H groups in total. The Morgan fingerprint density at radius 3 is 2.95 bits per heavy atom. The first-order chi connectivity index (χ1) is 9.56.